The van der Waals surface area contributed by atoms with E-state index in [1.165, 1.54) is 18.2 Å². The van der Waals surface area contributed by atoms with E-state index in [0.717, 1.165) is 0 Å². The van der Waals surface area contributed by atoms with E-state index in [2.05, 4.69) is 15.5 Å². The summed E-state index contributed by atoms with van der Waals surface area (Å²) in [6.07, 6.45) is 0. The van der Waals surface area contributed by atoms with Gasteiger partial charge in [-0.15, -0.1) is 0 Å². The third-order valence-electron chi connectivity index (χ3n) is 2.10. The van der Waals surface area contributed by atoms with Crippen molar-refractivity contribution in [2.24, 2.45) is 0 Å². The summed E-state index contributed by atoms with van der Waals surface area (Å²) in [5.74, 6) is -0.657. The van der Waals surface area contributed by atoms with Gasteiger partial charge in [-0.1, -0.05) is 12.1 Å². The molecular formula is C11H9N3O3. The fourth-order valence-corrected chi connectivity index (χ4v) is 1.33. The smallest absolute Gasteiger partial charge is 0.337 e. The maximum atomic E-state index is 10.9. The van der Waals surface area contributed by atoms with Gasteiger partial charge in [0, 0.05) is 6.07 Å². The topological polar surface area (TPSA) is 95.1 Å². The van der Waals surface area contributed by atoms with Gasteiger partial charge in [-0.25, -0.2) is 9.89 Å². The molecule has 86 valence electrons. The van der Waals surface area contributed by atoms with Crippen LogP contribution in [0.2, 0.25) is 0 Å². The molecule has 0 radical (unpaired) electrons. The van der Waals surface area contributed by atoms with Gasteiger partial charge < -0.3 is 10.4 Å². The molecule has 1 heterocycles. The number of hydrogen-bond donors (Lipinski definition) is 3. The summed E-state index contributed by atoms with van der Waals surface area (Å²) < 4.78 is 0. The predicted molar refractivity (Wildman–Crippen MR) is 61.5 cm³/mol. The number of aromatic nitrogens is 2. The molecule has 0 aliphatic carbocycles. The Morgan fingerprint density at radius 2 is 2.00 bits per heavy atom. The summed E-state index contributed by atoms with van der Waals surface area (Å²) in [5, 5.41) is 17.8. The van der Waals surface area contributed by atoms with Gasteiger partial charge in [-0.2, -0.15) is 5.10 Å². The first-order valence-corrected chi connectivity index (χ1v) is 4.82. The number of rotatable bonds is 3. The first-order valence-electron chi connectivity index (χ1n) is 4.82. The van der Waals surface area contributed by atoms with Gasteiger partial charge >= 0.3 is 5.97 Å². The Morgan fingerprint density at radius 3 is 2.65 bits per heavy atom. The second-order valence-corrected chi connectivity index (χ2v) is 3.28. The minimum absolute atomic E-state index is 0.139. The lowest BCUT2D eigenvalue weighted by molar-refractivity contribution is 0.0698. The van der Waals surface area contributed by atoms with Crippen molar-refractivity contribution in [2.45, 2.75) is 0 Å². The lowest BCUT2D eigenvalue weighted by Crippen LogP contribution is -2.08. The average molecular weight is 231 g/mol. The highest BCUT2D eigenvalue weighted by molar-refractivity contribution is 5.94. The van der Waals surface area contributed by atoms with E-state index < -0.39 is 5.97 Å². The van der Waals surface area contributed by atoms with Crippen LogP contribution in [0.15, 0.2) is 41.2 Å². The van der Waals surface area contributed by atoms with Crippen molar-refractivity contribution >= 4 is 17.5 Å². The molecule has 0 atom stereocenters. The number of carboxylic acids is 1. The zero-order valence-corrected chi connectivity index (χ0v) is 8.68. The third-order valence-corrected chi connectivity index (χ3v) is 2.10. The summed E-state index contributed by atoms with van der Waals surface area (Å²) in [7, 11) is 0. The molecule has 0 aliphatic rings. The van der Waals surface area contributed by atoms with Gasteiger partial charge in [-0.3, -0.25) is 4.79 Å². The van der Waals surface area contributed by atoms with Crippen molar-refractivity contribution in [3.8, 4) is 0 Å². The molecule has 6 heteroatoms. The zero-order valence-electron chi connectivity index (χ0n) is 8.68. The molecule has 0 saturated heterocycles. The zero-order chi connectivity index (χ0) is 12.3. The molecule has 2 aromatic rings. The van der Waals surface area contributed by atoms with Crippen LogP contribution in [0.4, 0.5) is 11.5 Å². The number of carboxylic acid groups (broad SMARTS) is 1. The van der Waals surface area contributed by atoms with E-state index in [9.17, 15) is 9.59 Å². The molecule has 0 bridgehead atoms. The van der Waals surface area contributed by atoms with E-state index in [0.29, 0.717) is 11.5 Å². The number of aromatic carboxylic acids is 1. The number of para-hydroxylation sites is 1. The quantitative estimate of drug-likeness (QED) is 0.738. The Balaban J connectivity index is 2.33. The van der Waals surface area contributed by atoms with E-state index in [1.807, 2.05) is 0 Å². The lowest BCUT2D eigenvalue weighted by Gasteiger charge is -2.07. The molecule has 2 rings (SSSR count). The molecule has 3 N–H and O–H groups in total. The number of aromatic amines is 1. The van der Waals surface area contributed by atoms with Gasteiger partial charge in [-0.05, 0) is 18.2 Å². The largest absolute Gasteiger partial charge is 0.478 e. The summed E-state index contributed by atoms with van der Waals surface area (Å²) >= 11 is 0. The van der Waals surface area contributed by atoms with Gasteiger partial charge in [0.05, 0.1) is 11.3 Å². The number of nitrogens with one attached hydrogen (secondary N) is 2. The number of benzene rings is 1. The Morgan fingerprint density at radius 1 is 1.24 bits per heavy atom. The summed E-state index contributed by atoms with van der Waals surface area (Å²) in [6.45, 7) is 0. The molecule has 1 aromatic heterocycles. The van der Waals surface area contributed by atoms with Crippen LogP contribution in [0.25, 0.3) is 0 Å². The monoisotopic (exact) mass is 231 g/mol. The second kappa shape index (κ2) is 4.48. The first-order chi connectivity index (χ1) is 8.16. The van der Waals surface area contributed by atoms with Crippen molar-refractivity contribution in [2.75, 3.05) is 5.32 Å². The van der Waals surface area contributed by atoms with Gasteiger partial charge in [0.1, 0.15) is 0 Å². The number of hydrogen-bond acceptors (Lipinski definition) is 4. The second-order valence-electron chi connectivity index (χ2n) is 3.28. The average Bonchev–Trinajstić information content (AvgIpc) is 2.32. The predicted octanol–water partition coefficient (Wildman–Crippen LogP) is 1.21. The molecule has 6 nitrogen and oxygen atoms in total. The maximum Gasteiger partial charge on any atom is 0.337 e. The number of anilines is 2. The van der Waals surface area contributed by atoms with Crippen molar-refractivity contribution in [1.82, 2.24) is 10.2 Å². The molecule has 0 fully saturated rings. The summed E-state index contributed by atoms with van der Waals surface area (Å²) in [6, 6.07) is 9.22. The van der Waals surface area contributed by atoms with Crippen molar-refractivity contribution in [3.05, 3.63) is 52.3 Å². The van der Waals surface area contributed by atoms with Gasteiger partial charge in [0.2, 0.25) is 0 Å². The molecule has 0 unspecified atom stereocenters. The molecule has 0 spiro atoms. The Labute approximate surface area is 95.9 Å². The van der Waals surface area contributed by atoms with E-state index in [1.54, 1.807) is 18.2 Å². The highest BCUT2D eigenvalue weighted by Crippen LogP contribution is 2.18. The van der Waals surface area contributed by atoms with Crippen molar-refractivity contribution < 1.29 is 9.90 Å². The third kappa shape index (κ3) is 2.49. The lowest BCUT2D eigenvalue weighted by atomic mass is 10.2. The van der Waals surface area contributed by atoms with Gasteiger partial charge in [0.15, 0.2) is 5.82 Å². The minimum atomic E-state index is -1.03. The van der Waals surface area contributed by atoms with Crippen molar-refractivity contribution in [3.63, 3.8) is 0 Å². The van der Waals surface area contributed by atoms with Crippen LogP contribution in [0.3, 0.4) is 0 Å². The Hall–Kier alpha value is -2.63. The van der Waals surface area contributed by atoms with Gasteiger partial charge in [0.25, 0.3) is 5.56 Å². The normalized spacial score (nSPS) is 9.88. The molecule has 1 aromatic carbocycles. The molecule has 0 aliphatic heterocycles. The molecule has 0 amide bonds. The van der Waals surface area contributed by atoms with E-state index >= 15 is 0 Å². The molecular weight excluding hydrogens is 222 g/mol. The standard InChI is InChI=1S/C11H9N3O3/c15-10-6-5-9(13-14-10)12-8-4-2-1-3-7(8)11(16)17/h1-6H,(H,12,13)(H,14,15)(H,16,17). The Bertz CT molecular complexity index is 586. The number of nitrogens with zero attached hydrogens (tertiary/aromatic N) is 1. The fourth-order valence-electron chi connectivity index (χ4n) is 1.33. The highest BCUT2D eigenvalue weighted by Gasteiger charge is 2.09. The van der Waals surface area contributed by atoms with E-state index in [4.69, 9.17) is 5.11 Å². The highest BCUT2D eigenvalue weighted by atomic mass is 16.4. The van der Waals surface area contributed by atoms with Crippen LogP contribution in [0.1, 0.15) is 10.4 Å². The molecule has 17 heavy (non-hydrogen) atoms. The SMILES string of the molecule is O=C(O)c1ccccc1Nc1ccc(=O)[nH]n1. The Kier molecular flexibility index (Phi) is 2.87. The van der Waals surface area contributed by atoms with Crippen molar-refractivity contribution in [1.29, 1.82) is 0 Å². The van der Waals surface area contributed by atoms with Crippen LogP contribution >= 0.6 is 0 Å². The minimum Gasteiger partial charge on any atom is -0.478 e. The maximum absolute atomic E-state index is 10.9. The van der Waals surface area contributed by atoms with Crippen LogP contribution in [-0.2, 0) is 0 Å². The summed E-state index contributed by atoms with van der Waals surface area (Å²) in [5.41, 5.74) is 0.238. The molecule has 0 saturated carbocycles. The van der Waals surface area contributed by atoms with Crippen LogP contribution in [0.5, 0.6) is 0 Å². The van der Waals surface area contributed by atoms with Crippen LogP contribution in [0, 0.1) is 0 Å². The fraction of sp³-hybridized carbons (Fsp3) is 0. The van der Waals surface area contributed by atoms with Crippen LogP contribution < -0.4 is 10.9 Å². The number of carbonyl (C=O) groups is 1. The summed E-state index contributed by atoms with van der Waals surface area (Å²) in [4.78, 5) is 21.8. The number of H-pyrrole nitrogens is 1. The van der Waals surface area contributed by atoms with Crippen LogP contribution in [-0.4, -0.2) is 21.3 Å². The first kappa shape index (κ1) is 10.9. The van der Waals surface area contributed by atoms with E-state index in [-0.39, 0.29) is 11.1 Å².